The molecule has 0 spiro atoms. The molecule has 0 saturated heterocycles. The second-order valence-corrected chi connectivity index (χ2v) is 11.1. The molecule has 0 atom stereocenters. The number of benzene rings is 2. The Morgan fingerprint density at radius 2 is 1.52 bits per heavy atom. The lowest BCUT2D eigenvalue weighted by molar-refractivity contribution is 0.465. The van der Waals surface area contributed by atoms with Crippen LogP contribution in [0.3, 0.4) is 0 Å². The maximum atomic E-state index is 12.1. The number of aromatic nitrogens is 2. The Kier molecular flexibility index (Phi) is 4.79. The average Bonchev–Trinajstić information content (AvgIpc) is 3.06. The highest BCUT2D eigenvalue weighted by Gasteiger charge is 2.49. The first kappa shape index (κ1) is 17.4. The van der Waals surface area contributed by atoms with Crippen molar-refractivity contribution in [3.63, 3.8) is 0 Å². The number of hydrogen-bond acceptors (Lipinski definition) is 3. The number of hydrogen-bond donors (Lipinski definition) is 3. The van der Waals surface area contributed by atoms with Crippen LogP contribution in [0.25, 0.3) is 0 Å². The van der Waals surface area contributed by atoms with Crippen LogP contribution < -0.4 is 16.1 Å². The zero-order valence-corrected chi connectivity index (χ0v) is 15.7. The highest BCUT2D eigenvalue weighted by molar-refractivity contribution is 6.98. The molecule has 5 heteroatoms. The molecule has 0 radical (unpaired) electrons. The number of H-pyrrole nitrogens is 1. The molecular weight excluding hydrogens is 326 g/mol. The summed E-state index contributed by atoms with van der Waals surface area (Å²) in [4.78, 5) is 12.1. The van der Waals surface area contributed by atoms with Crippen molar-refractivity contribution in [2.75, 3.05) is 5.73 Å². The molecule has 0 amide bonds. The summed E-state index contributed by atoms with van der Waals surface area (Å²) >= 11 is 0. The van der Waals surface area contributed by atoms with Gasteiger partial charge in [-0.15, -0.1) is 0 Å². The van der Waals surface area contributed by atoms with Crippen LogP contribution in [0.1, 0.15) is 26.0 Å². The lowest BCUT2D eigenvalue weighted by atomic mass is 10.1. The van der Waals surface area contributed by atoms with Crippen LogP contribution in [-0.4, -0.2) is 23.3 Å². The molecule has 0 aliphatic heterocycles. The van der Waals surface area contributed by atoms with Gasteiger partial charge in [0, 0.05) is 6.07 Å². The van der Waals surface area contributed by atoms with E-state index in [2.05, 4.69) is 24.0 Å². The highest BCUT2D eigenvalue weighted by atomic mass is 28.4. The van der Waals surface area contributed by atoms with E-state index in [1.54, 1.807) is 0 Å². The minimum Gasteiger partial charge on any atom is -0.424 e. The normalized spacial score (nSPS) is 12.3. The summed E-state index contributed by atoms with van der Waals surface area (Å²) in [5, 5.41) is 8.81. The van der Waals surface area contributed by atoms with Crippen molar-refractivity contribution in [3.05, 3.63) is 72.4 Å². The van der Waals surface area contributed by atoms with Crippen molar-refractivity contribution in [2.24, 2.45) is 0 Å². The van der Waals surface area contributed by atoms with Crippen LogP contribution in [0.5, 0.6) is 0 Å². The van der Waals surface area contributed by atoms with Crippen LogP contribution in [0.2, 0.25) is 5.04 Å². The van der Waals surface area contributed by atoms with Crippen molar-refractivity contribution in [1.29, 1.82) is 0 Å². The van der Waals surface area contributed by atoms with E-state index < -0.39 is 8.32 Å². The van der Waals surface area contributed by atoms with Crippen molar-refractivity contribution in [1.82, 2.24) is 10.2 Å². The Morgan fingerprint density at radius 3 is 1.96 bits per heavy atom. The van der Waals surface area contributed by atoms with E-state index >= 15 is 0 Å². The minimum atomic E-state index is -2.95. The third-order valence-electron chi connectivity index (χ3n) is 5.02. The fourth-order valence-electron chi connectivity index (χ4n) is 3.44. The first-order chi connectivity index (χ1) is 11.9. The summed E-state index contributed by atoms with van der Waals surface area (Å²) in [5.74, 6) is 0.575. The lowest BCUT2D eigenvalue weighted by Gasteiger charge is -2.41. The Hall–Kier alpha value is -2.37. The molecule has 0 fully saturated rings. The largest absolute Gasteiger partial charge is 0.424 e. The van der Waals surface area contributed by atoms with Crippen LogP contribution in [-0.2, 0) is 6.42 Å². The molecular formula is C20H25N3OSi. The maximum Gasteiger partial charge on any atom is 0.258 e. The SMILES string of the molecule is CC(C)(CCc1cc(N)[nH]n1)[Si](O)(c1ccccc1)c1ccccc1. The average molecular weight is 352 g/mol. The van der Waals surface area contributed by atoms with Gasteiger partial charge in [-0.05, 0) is 28.3 Å². The predicted octanol–water partition coefficient (Wildman–Crippen LogP) is 2.46. The van der Waals surface area contributed by atoms with E-state index in [0.717, 1.165) is 28.9 Å². The van der Waals surface area contributed by atoms with Gasteiger partial charge in [-0.25, -0.2) is 0 Å². The van der Waals surface area contributed by atoms with E-state index in [1.807, 2.05) is 66.7 Å². The van der Waals surface area contributed by atoms with Crippen LogP contribution in [0.15, 0.2) is 66.7 Å². The van der Waals surface area contributed by atoms with Gasteiger partial charge >= 0.3 is 0 Å². The Bertz CT molecular complexity index is 776. The van der Waals surface area contributed by atoms with Gasteiger partial charge in [-0.2, -0.15) is 5.10 Å². The summed E-state index contributed by atoms with van der Waals surface area (Å²) in [6, 6.07) is 22.0. The van der Waals surface area contributed by atoms with Gasteiger partial charge in [0.1, 0.15) is 5.82 Å². The molecule has 3 aromatic rings. The number of anilines is 1. The molecule has 1 aromatic heterocycles. The highest BCUT2D eigenvalue weighted by Crippen LogP contribution is 2.39. The second-order valence-electron chi connectivity index (χ2n) is 7.14. The van der Waals surface area contributed by atoms with E-state index in [4.69, 9.17) is 5.73 Å². The topological polar surface area (TPSA) is 74.9 Å². The summed E-state index contributed by atoms with van der Waals surface area (Å²) < 4.78 is 0. The molecule has 2 aromatic carbocycles. The van der Waals surface area contributed by atoms with Gasteiger partial charge in [-0.1, -0.05) is 74.5 Å². The number of nitrogen functional groups attached to an aromatic ring is 1. The van der Waals surface area contributed by atoms with Crippen molar-refractivity contribution in [3.8, 4) is 0 Å². The van der Waals surface area contributed by atoms with E-state index in [9.17, 15) is 4.80 Å². The molecule has 25 heavy (non-hydrogen) atoms. The van der Waals surface area contributed by atoms with Gasteiger partial charge in [0.25, 0.3) is 8.32 Å². The molecule has 0 bridgehead atoms. The number of nitrogens with one attached hydrogen (secondary N) is 1. The zero-order chi connectivity index (χ0) is 17.9. The standard InChI is InChI=1S/C20H25N3OSi/c1-20(2,14-13-16-15-19(21)23-22-16)25(24,17-9-5-3-6-10-17)18-11-7-4-8-12-18/h3-12,15,24H,13-14H2,1-2H3,(H3,21,22,23). The van der Waals surface area contributed by atoms with Gasteiger partial charge < -0.3 is 10.5 Å². The second kappa shape index (κ2) is 6.86. The van der Waals surface area contributed by atoms with Gasteiger partial charge in [-0.3, -0.25) is 5.10 Å². The first-order valence-electron chi connectivity index (χ1n) is 8.57. The summed E-state index contributed by atoms with van der Waals surface area (Å²) in [5.41, 5.74) is 6.66. The minimum absolute atomic E-state index is 0.274. The van der Waals surface area contributed by atoms with Crippen molar-refractivity contribution >= 4 is 24.5 Å². The fraction of sp³-hybridized carbons (Fsp3) is 0.250. The van der Waals surface area contributed by atoms with E-state index in [1.165, 1.54) is 0 Å². The summed E-state index contributed by atoms with van der Waals surface area (Å²) in [6.45, 7) is 4.32. The number of nitrogens with two attached hydrogens (primary N) is 1. The molecule has 0 aliphatic rings. The van der Waals surface area contributed by atoms with Gasteiger partial charge in [0.05, 0.1) is 5.69 Å². The third kappa shape index (κ3) is 3.38. The molecule has 1 heterocycles. The Morgan fingerprint density at radius 1 is 1.00 bits per heavy atom. The molecule has 4 N–H and O–H groups in total. The van der Waals surface area contributed by atoms with Gasteiger partial charge in [0.2, 0.25) is 0 Å². The number of rotatable bonds is 6. The van der Waals surface area contributed by atoms with Gasteiger partial charge in [0.15, 0.2) is 0 Å². The summed E-state index contributed by atoms with van der Waals surface area (Å²) in [6.07, 6.45) is 1.60. The van der Waals surface area contributed by atoms with Crippen LogP contribution in [0, 0.1) is 0 Å². The molecule has 0 saturated carbocycles. The number of aromatic amines is 1. The molecule has 0 unspecified atom stereocenters. The molecule has 0 aliphatic carbocycles. The van der Waals surface area contributed by atoms with E-state index in [0.29, 0.717) is 5.82 Å². The predicted molar refractivity (Wildman–Crippen MR) is 105 cm³/mol. The lowest BCUT2D eigenvalue weighted by Crippen LogP contribution is -2.65. The van der Waals surface area contributed by atoms with E-state index in [-0.39, 0.29) is 5.04 Å². The monoisotopic (exact) mass is 351 g/mol. The zero-order valence-electron chi connectivity index (χ0n) is 14.7. The molecule has 4 nitrogen and oxygen atoms in total. The van der Waals surface area contributed by atoms with Crippen molar-refractivity contribution < 1.29 is 4.80 Å². The maximum absolute atomic E-state index is 12.1. The number of aryl methyl sites for hydroxylation is 1. The van der Waals surface area contributed by atoms with Crippen molar-refractivity contribution in [2.45, 2.75) is 31.7 Å². The fourth-order valence-corrected chi connectivity index (χ4v) is 7.17. The smallest absolute Gasteiger partial charge is 0.258 e. The summed E-state index contributed by atoms with van der Waals surface area (Å²) in [7, 11) is -2.95. The molecule has 130 valence electrons. The Labute approximate surface area is 149 Å². The first-order valence-corrected chi connectivity index (χ1v) is 10.5. The quantitative estimate of drug-likeness (QED) is 0.597. The number of nitrogens with zero attached hydrogens (tertiary/aromatic N) is 1. The van der Waals surface area contributed by atoms with Crippen LogP contribution >= 0.6 is 0 Å². The Balaban J connectivity index is 1.98. The molecule has 3 rings (SSSR count). The third-order valence-corrected chi connectivity index (χ3v) is 9.57. The van der Waals surface area contributed by atoms with Crippen LogP contribution in [0.4, 0.5) is 5.82 Å².